The molecule has 0 bridgehead atoms. The van der Waals surface area contributed by atoms with Crippen LogP contribution in [0.25, 0.3) is 0 Å². The molecule has 0 atom stereocenters. The fourth-order valence-electron chi connectivity index (χ4n) is 1.95. The van der Waals surface area contributed by atoms with Crippen LogP contribution in [0.1, 0.15) is 23.2 Å². The molecule has 0 amide bonds. The van der Waals surface area contributed by atoms with E-state index in [1.807, 2.05) is 0 Å². The normalized spacial score (nSPS) is 11.3. The van der Waals surface area contributed by atoms with Crippen LogP contribution < -0.4 is 4.31 Å². The van der Waals surface area contributed by atoms with Crippen molar-refractivity contribution in [1.29, 1.82) is 0 Å². The van der Waals surface area contributed by atoms with E-state index in [4.69, 9.17) is 9.52 Å². The van der Waals surface area contributed by atoms with E-state index in [9.17, 15) is 13.2 Å². The molecule has 7 nitrogen and oxygen atoms in total. The molecule has 112 valence electrons. The molecule has 2 rings (SSSR count). The van der Waals surface area contributed by atoms with E-state index >= 15 is 0 Å². The third-order valence-corrected chi connectivity index (χ3v) is 4.90. The number of anilines is 1. The fourth-order valence-corrected chi connectivity index (χ4v) is 3.58. The second kappa shape index (κ2) is 5.57. The molecule has 1 N–H and O–H groups in total. The van der Waals surface area contributed by atoms with Crippen molar-refractivity contribution in [1.82, 2.24) is 4.98 Å². The van der Waals surface area contributed by atoms with Crippen molar-refractivity contribution in [2.24, 2.45) is 0 Å². The number of carbonyl (C=O) groups is 1. The van der Waals surface area contributed by atoms with Crippen LogP contribution >= 0.6 is 0 Å². The molecule has 2 aromatic rings. The lowest BCUT2D eigenvalue weighted by molar-refractivity contribution is 0.0661. The molecule has 2 heterocycles. The molecule has 0 fully saturated rings. The third kappa shape index (κ3) is 2.75. The van der Waals surface area contributed by atoms with Crippen LogP contribution in [0.2, 0.25) is 0 Å². The first-order valence-corrected chi connectivity index (χ1v) is 7.58. The predicted octanol–water partition coefficient (Wildman–Crippen LogP) is 1.90. The van der Waals surface area contributed by atoms with Crippen LogP contribution in [0.15, 0.2) is 39.9 Å². The second-order valence-corrected chi connectivity index (χ2v) is 6.04. The average molecular weight is 310 g/mol. The summed E-state index contributed by atoms with van der Waals surface area (Å²) >= 11 is 0. The maximum absolute atomic E-state index is 12.7. The van der Waals surface area contributed by atoms with E-state index in [0.29, 0.717) is 5.69 Å². The van der Waals surface area contributed by atoms with Crippen molar-refractivity contribution in [2.45, 2.75) is 18.7 Å². The molecule has 0 unspecified atom stereocenters. The van der Waals surface area contributed by atoms with Crippen molar-refractivity contribution in [3.05, 3.63) is 42.1 Å². The summed E-state index contributed by atoms with van der Waals surface area (Å²) in [5.41, 5.74) is 0.449. The molecule has 8 heteroatoms. The van der Waals surface area contributed by atoms with Gasteiger partial charge in [0.1, 0.15) is 10.7 Å². The number of carboxylic acid groups (broad SMARTS) is 1. The molecular formula is C13H14N2O5S. The summed E-state index contributed by atoms with van der Waals surface area (Å²) in [6.45, 7) is 3.30. The standard InChI is InChI=1S/C13H14N2O5S/c1-3-15(10-4-6-14-7-5-10)21(18,19)12-8-11(13(16)17)20-9(12)2/h4-8H,3H2,1-2H3,(H,16,17). The van der Waals surface area contributed by atoms with Crippen molar-refractivity contribution >= 4 is 21.7 Å². The summed E-state index contributed by atoms with van der Waals surface area (Å²) in [5, 5.41) is 8.89. The molecule has 0 saturated heterocycles. The molecule has 0 aliphatic rings. The van der Waals surface area contributed by atoms with E-state index in [1.54, 1.807) is 19.1 Å². The number of aromatic carboxylic acids is 1. The first-order chi connectivity index (χ1) is 9.87. The zero-order valence-electron chi connectivity index (χ0n) is 11.5. The number of aryl methyl sites for hydroxylation is 1. The van der Waals surface area contributed by atoms with Gasteiger partial charge in [0.2, 0.25) is 5.76 Å². The number of hydrogen-bond donors (Lipinski definition) is 1. The van der Waals surface area contributed by atoms with Gasteiger partial charge in [0.15, 0.2) is 0 Å². The van der Waals surface area contributed by atoms with Gasteiger partial charge in [0.05, 0.1) is 5.69 Å². The second-order valence-electron chi connectivity index (χ2n) is 4.21. The van der Waals surface area contributed by atoms with Crippen LogP contribution in [0.3, 0.4) is 0 Å². The van der Waals surface area contributed by atoms with Crippen LogP contribution in [0.4, 0.5) is 5.69 Å². The van der Waals surface area contributed by atoms with E-state index in [0.717, 1.165) is 10.4 Å². The lowest BCUT2D eigenvalue weighted by Crippen LogP contribution is -2.30. The summed E-state index contributed by atoms with van der Waals surface area (Å²) in [6.07, 6.45) is 2.97. The van der Waals surface area contributed by atoms with Crippen molar-refractivity contribution in [2.75, 3.05) is 10.8 Å². The monoisotopic (exact) mass is 310 g/mol. The minimum atomic E-state index is -3.90. The maximum Gasteiger partial charge on any atom is 0.371 e. The Morgan fingerprint density at radius 1 is 1.38 bits per heavy atom. The number of sulfonamides is 1. The van der Waals surface area contributed by atoms with E-state index in [2.05, 4.69) is 4.98 Å². The Morgan fingerprint density at radius 3 is 2.48 bits per heavy atom. The van der Waals surface area contributed by atoms with Gasteiger partial charge in [-0.2, -0.15) is 0 Å². The Morgan fingerprint density at radius 2 is 2.00 bits per heavy atom. The first kappa shape index (κ1) is 15.0. The molecule has 21 heavy (non-hydrogen) atoms. The molecule has 0 saturated carbocycles. The zero-order valence-corrected chi connectivity index (χ0v) is 12.3. The van der Waals surface area contributed by atoms with Crippen LogP contribution in [0, 0.1) is 6.92 Å². The highest BCUT2D eigenvalue weighted by Gasteiger charge is 2.29. The van der Waals surface area contributed by atoms with Crippen LogP contribution in [-0.4, -0.2) is 31.0 Å². The Labute approximate surface area is 121 Å². The van der Waals surface area contributed by atoms with Crippen molar-refractivity contribution < 1.29 is 22.7 Å². The van der Waals surface area contributed by atoms with Gasteiger partial charge in [0.25, 0.3) is 10.0 Å². The Balaban J connectivity index is 2.52. The third-order valence-electron chi connectivity index (χ3n) is 2.89. The molecule has 0 aliphatic heterocycles. The lowest BCUT2D eigenvalue weighted by atomic mass is 10.4. The number of aromatic nitrogens is 1. The maximum atomic E-state index is 12.7. The molecular weight excluding hydrogens is 296 g/mol. The van der Waals surface area contributed by atoms with Gasteiger partial charge in [-0.1, -0.05) is 0 Å². The van der Waals surface area contributed by atoms with E-state index in [-0.39, 0.29) is 17.2 Å². The fraction of sp³-hybridized carbons (Fsp3) is 0.231. The van der Waals surface area contributed by atoms with Gasteiger partial charge >= 0.3 is 5.97 Å². The average Bonchev–Trinajstić information content (AvgIpc) is 2.83. The zero-order chi connectivity index (χ0) is 15.6. The summed E-state index contributed by atoms with van der Waals surface area (Å²) in [7, 11) is -3.90. The largest absolute Gasteiger partial charge is 0.475 e. The van der Waals surface area contributed by atoms with Crippen molar-refractivity contribution in [3.63, 3.8) is 0 Å². The number of rotatable bonds is 5. The van der Waals surface area contributed by atoms with Gasteiger partial charge < -0.3 is 9.52 Å². The Bertz CT molecular complexity index is 752. The molecule has 0 aliphatic carbocycles. The summed E-state index contributed by atoms with van der Waals surface area (Å²) < 4.78 is 31.5. The number of furan rings is 1. The number of hydrogen-bond acceptors (Lipinski definition) is 5. The predicted molar refractivity (Wildman–Crippen MR) is 74.8 cm³/mol. The topological polar surface area (TPSA) is 101 Å². The summed E-state index contributed by atoms with van der Waals surface area (Å²) in [6, 6.07) is 4.15. The number of carboxylic acids is 1. The summed E-state index contributed by atoms with van der Waals surface area (Å²) in [5.74, 6) is -1.68. The SMILES string of the molecule is CCN(c1ccncc1)S(=O)(=O)c1cc(C(=O)O)oc1C. The lowest BCUT2D eigenvalue weighted by Gasteiger charge is -2.22. The van der Waals surface area contributed by atoms with Gasteiger partial charge in [-0.05, 0) is 26.0 Å². The molecule has 0 spiro atoms. The van der Waals surface area contributed by atoms with Crippen LogP contribution in [0.5, 0.6) is 0 Å². The number of pyridine rings is 1. The minimum absolute atomic E-state index is 0.0416. The van der Waals surface area contributed by atoms with Gasteiger partial charge in [-0.25, -0.2) is 13.2 Å². The Hall–Kier alpha value is -2.35. The quantitative estimate of drug-likeness (QED) is 0.905. The highest BCUT2D eigenvalue weighted by Crippen LogP contribution is 2.27. The van der Waals surface area contributed by atoms with Gasteiger partial charge in [-0.15, -0.1) is 0 Å². The van der Waals surface area contributed by atoms with E-state index in [1.165, 1.54) is 19.3 Å². The highest BCUT2D eigenvalue weighted by atomic mass is 32.2. The molecule has 2 aromatic heterocycles. The van der Waals surface area contributed by atoms with Crippen molar-refractivity contribution in [3.8, 4) is 0 Å². The van der Waals surface area contributed by atoms with Gasteiger partial charge in [-0.3, -0.25) is 9.29 Å². The minimum Gasteiger partial charge on any atom is -0.475 e. The van der Waals surface area contributed by atoms with Crippen LogP contribution in [-0.2, 0) is 10.0 Å². The smallest absolute Gasteiger partial charge is 0.371 e. The molecule has 0 aromatic carbocycles. The number of nitrogens with zero attached hydrogens (tertiary/aromatic N) is 2. The first-order valence-electron chi connectivity index (χ1n) is 6.14. The highest BCUT2D eigenvalue weighted by molar-refractivity contribution is 7.92. The Kier molecular flexibility index (Phi) is 3.99. The molecule has 0 radical (unpaired) electrons. The van der Waals surface area contributed by atoms with Gasteiger partial charge in [0, 0.05) is 25.0 Å². The summed E-state index contributed by atoms with van der Waals surface area (Å²) in [4.78, 5) is 14.6. The van der Waals surface area contributed by atoms with E-state index < -0.39 is 21.8 Å².